The average molecular weight is 466 g/mol. The monoisotopic (exact) mass is 465 g/mol. The Hall–Kier alpha value is -2.56. The molecule has 156 valence electrons. The van der Waals surface area contributed by atoms with Crippen LogP contribution in [0.3, 0.4) is 0 Å². The van der Waals surface area contributed by atoms with Crippen molar-refractivity contribution in [3.05, 3.63) is 55.8 Å². The molecular formula is C19H16ClN3O5S2. The van der Waals surface area contributed by atoms with Crippen LogP contribution < -0.4 is 14.3 Å². The van der Waals surface area contributed by atoms with Gasteiger partial charge >= 0.3 is 0 Å². The van der Waals surface area contributed by atoms with E-state index in [4.69, 9.17) is 21.1 Å². The zero-order chi connectivity index (χ0) is 21.3. The predicted octanol–water partition coefficient (Wildman–Crippen LogP) is 4.14. The minimum atomic E-state index is -0.634. The standard InChI is InChI=1S/C19H16ClN3O5S2/c1-29-7-4-22-14-9-15-16(28-6-5-27-15)10-17(14)30-19(22)21-18(24)12-8-11(23(25)26)2-3-13(12)20/h2-3,8-10H,4-7H2,1H3. The van der Waals surface area contributed by atoms with Crippen molar-refractivity contribution >= 4 is 56.5 Å². The van der Waals surface area contributed by atoms with Crippen molar-refractivity contribution in [1.29, 1.82) is 0 Å². The molecule has 3 aromatic rings. The molecule has 4 rings (SSSR count). The molecule has 0 aliphatic carbocycles. The number of hydrogen-bond donors (Lipinski definition) is 0. The summed E-state index contributed by atoms with van der Waals surface area (Å²) in [5.41, 5.74) is 0.659. The summed E-state index contributed by atoms with van der Waals surface area (Å²) in [6, 6.07) is 7.51. The maximum Gasteiger partial charge on any atom is 0.281 e. The molecule has 8 nitrogen and oxygen atoms in total. The maximum absolute atomic E-state index is 12.8. The Morgan fingerprint density at radius 1 is 1.30 bits per heavy atom. The van der Waals surface area contributed by atoms with Crippen molar-refractivity contribution in [2.75, 3.05) is 25.2 Å². The van der Waals surface area contributed by atoms with E-state index >= 15 is 0 Å². The van der Waals surface area contributed by atoms with E-state index in [-0.39, 0.29) is 16.3 Å². The number of aryl methyl sites for hydroxylation is 1. The van der Waals surface area contributed by atoms with Crippen LogP contribution in [0.1, 0.15) is 10.4 Å². The fourth-order valence-electron chi connectivity index (χ4n) is 3.03. The normalized spacial score (nSPS) is 13.6. The van der Waals surface area contributed by atoms with E-state index in [1.165, 1.54) is 23.5 Å². The Balaban J connectivity index is 1.84. The molecule has 0 radical (unpaired) electrons. The molecule has 0 saturated heterocycles. The topological polar surface area (TPSA) is 96.0 Å². The summed E-state index contributed by atoms with van der Waals surface area (Å²) in [7, 11) is 0. The molecule has 2 heterocycles. The number of amides is 1. The van der Waals surface area contributed by atoms with Crippen molar-refractivity contribution in [3.63, 3.8) is 0 Å². The molecule has 0 spiro atoms. The van der Waals surface area contributed by atoms with Gasteiger partial charge in [0.1, 0.15) is 13.2 Å². The SMILES string of the molecule is CSCCn1c(=NC(=O)c2cc([N+](=O)[O-])ccc2Cl)sc2cc3c(cc21)OCCO3. The van der Waals surface area contributed by atoms with E-state index in [9.17, 15) is 14.9 Å². The molecule has 0 N–H and O–H groups in total. The maximum atomic E-state index is 12.8. The summed E-state index contributed by atoms with van der Waals surface area (Å²) in [5.74, 6) is 1.50. The Labute approximate surface area is 184 Å². The number of carbonyl (C=O) groups excluding carboxylic acids is 1. The van der Waals surface area contributed by atoms with E-state index in [0.717, 1.165) is 22.0 Å². The lowest BCUT2D eigenvalue weighted by Crippen LogP contribution is -2.19. The number of halogens is 1. The molecule has 0 bridgehead atoms. The van der Waals surface area contributed by atoms with Gasteiger partial charge in [0.25, 0.3) is 11.6 Å². The van der Waals surface area contributed by atoms with Crippen LogP contribution in [0, 0.1) is 10.1 Å². The predicted molar refractivity (Wildman–Crippen MR) is 117 cm³/mol. The molecule has 0 fully saturated rings. The van der Waals surface area contributed by atoms with Crippen LogP contribution in [0.2, 0.25) is 5.02 Å². The van der Waals surface area contributed by atoms with Crippen LogP contribution >= 0.6 is 34.7 Å². The highest BCUT2D eigenvalue weighted by atomic mass is 35.5. The van der Waals surface area contributed by atoms with Crippen LogP contribution in [-0.2, 0) is 6.54 Å². The number of nitrogens with zero attached hydrogens (tertiary/aromatic N) is 3. The van der Waals surface area contributed by atoms with E-state index in [2.05, 4.69) is 4.99 Å². The number of ether oxygens (including phenoxy) is 2. The van der Waals surface area contributed by atoms with Gasteiger partial charge in [-0.15, -0.1) is 0 Å². The smallest absolute Gasteiger partial charge is 0.281 e. The van der Waals surface area contributed by atoms with Crippen molar-refractivity contribution in [2.24, 2.45) is 4.99 Å². The molecule has 1 aromatic heterocycles. The van der Waals surface area contributed by atoms with Gasteiger partial charge in [0.2, 0.25) is 0 Å². The first-order valence-corrected chi connectivity index (χ1v) is 11.5. The van der Waals surface area contributed by atoms with Crippen molar-refractivity contribution in [1.82, 2.24) is 4.57 Å². The van der Waals surface area contributed by atoms with Crippen LogP contribution in [0.25, 0.3) is 10.2 Å². The van der Waals surface area contributed by atoms with Crippen molar-refractivity contribution < 1.29 is 19.2 Å². The highest BCUT2D eigenvalue weighted by Gasteiger charge is 2.19. The van der Waals surface area contributed by atoms with Crippen molar-refractivity contribution in [3.8, 4) is 11.5 Å². The third kappa shape index (κ3) is 4.03. The molecule has 11 heteroatoms. The summed E-state index contributed by atoms with van der Waals surface area (Å²) < 4.78 is 14.2. The Kier molecular flexibility index (Phi) is 5.98. The molecular weight excluding hydrogens is 450 g/mol. The minimum Gasteiger partial charge on any atom is -0.486 e. The number of nitro benzene ring substituents is 1. The van der Waals surface area contributed by atoms with Crippen LogP contribution in [0.4, 0.5) is 5.69 Å². The zero-order valence-electron chi connectivity index (χ0n) is 15.8. The molecule has 1 aliphatic heterocycles. The Bertz CT molecular complexity index is 1220. The summed E-state index contributed by atoms with van der Waals surface area (Å²) in [5, 5.41) is 11.2. The highest BCUT2D eigenvalue weighted by Crippen LogP contribution is 2.35. The number of hydrogen-bond acceptors (Lipinski definition) is 7. The van der Waals surface area contributed by atoms with Crippen LogP contribution in [0.5, 0.6) is 11.5 Å². The van der Waals surface area contributed by atoms with E-state index < -0.39 is 10.8 Å². The van der Waals surface area contributed by atoms with Crippen LogP contribution in [-0.4, -0.2) is 40.6 Å². The third-order valence-corrected chi connectivity index (χ3v) is 6.42. The summed E-state index contributed by atoms with van der Waals surface area (Å²) in [4.78, 5) is 28.0. The fraction of sp³-hybridized carbons (Fsp3) is 0.263. The van der Waals surface area contributed by atoms with Gasteiger partial charge in [-0.3, -0.25) is 14.9 Å². The number of carbonyl (C=O) groups is 1. The molecule has 30 heavy (non-hydrogen) atoms. The second-order valence-electron chi connectivity index (χ2n) is 6.33. The van der Waals surface area contributed by atoms with Gasteiger partial charge in [0.15, 0.2) is 16.3 Å². The van der Waals surface area contributed by atoms with E-state index in [0.29, 0.717) is 36.1 Å². The lowest BCUT2D eigenvalue weighted by atomic mass is 10.2. The molecule has 2 aromatic carbocycles. The lowest BCUT2D eigenvalue weighted by Gasteiger charge is -2.18. The number of thioether (sulfide) groups is 1. The minimum absolute atomic E-state index is 0.00861. The Morgan fingerprint density at radius 2 is 2.03 bits per heavy atom. The summed E-state index contributed by atoms with van der Waals surface area (Å²) in [6.45, 7) is 1.60. The van der Waals surface area contributed by atoms with E-state index in [1.54, 1.807) is 11.8 Å². The first-order valence-electron chi connectivity index (χ1n) is 8.93. The summed E-state index contributed by atoms with van der Waals surface area (Å²) in [6.07, 6.45) is 2.00. The quantitative estimate of drug-likeness (QED) is 0.415. The van der Waals surface area contributed by atoms with Gasteiger partial charge < -0.3 is 14.0 Å². The second kappa shape index (κ2) is 8.66. The van der Waals surface area contributed by atoms with Gasteiger partial charge in [0, 0.05) is 36.6 Å². The lowest BCUT2D eigenvalue weighted by molar-refractivity contribution is -0.384. The average Bonchev–Trinajstić information content (AvgIpc) is 3.06. The number of aromatic nitrogens is 1. The molecule has 1 amide bonds. The first-order chi connectivity index (χ1) is 14.5. The van der Waals surface area contributed by atoms with Gasteiger partial charge in [-0.2, -0.15) is 16.8 Å². The number of benzene rings is 2. The number of rotatable bonds is 5. The Morgan fingerprint density at radius 3 is 2.73 bits per heavy atom. The van der Waals surface area contributed by atoms with Crippen molar-refractivity contribution in [2.45, 2.75) is 6.54 Å². The second-order valence-corrected chi connectivity index (χ2v) is 8.73. The van der Waals surface area contributed by atoms with Gasteiger partial charge in [0.05, 0.1) is 25.7 Å². The van der Waals surface area contributed by atoms with Gasteiger partial charge in [-0.25, -0.2) is 0 Å². The highest BCUT2D eigenvalue weighted by molar-refractivity contribution is 7.98. The van der Waals surface area contributed by atoms with Gasteiger partial charge in [-0.05, 0) is 12.3 Å². The number of fused-ring (bicyclic) bond motifs is 2. The third-order valence-electron chi connectivity index (χ3n) is 4.45. The number of non-ortho nitro benzene ring substituents is 1. The van der Waals surface area contributed by atoms with Crippen LogP contribution in [0.15, 0.2) is 35.3 Å². The largest absolute Gasteiger partial charge is 0.486 e. The molecule has 0 saturated carbocycles. The first kappa shape index (κ1) is 20.7. The molecule has 0 unspecified atom stereocenters. The number of thiazole rings is 1. The zero-order valence-corrected chi connectivity index (χ0v) is 18.2. The number of nitro groups is 1. The van der Waals surface area contributed by atoms with Gasteiger partial charge in [-0.1, -0.05) is 22.9 Å². The van der Waals surface area contributed by atoms with E-state index in [1.807, 2.05) is 23.0 Å². The summed E-state index contributed by atoms with van der Waals surface area (Å²) >= 11 is 9.12. The fourth-order valence-corrected chi connectivity index (χ4v) is 4.66. The molecule has 0 atom stereocenters. The molecule has 1 aliphatic rings.